The number of hydrogen-bond donors (Lipinski definition) is 2. The molecular formula is C19H24N2O2S. The van der Waals surface area contributed by atoms with Gasteiger partial charge in [0.05, 0.1) is 12.6 Å². The summed E-state index contributed by atoms with van der Waals surface area (Å²) in [5, 5.41) is 6.83. The van der Waals surface area contributed by atoms with Crippen molar-refractivity contribution in [1.29, 1.82) is 0 Å². The van der Waals surface area contributed by atoms with Crippen molar-refractivity contribution in [2.24, 2.45) is 0 Å². The van der Waals surface area contributed by atoms with Crippen LogP contribution < -0.4 is 20.1 Å². The Balaban J connectivity index is 1.72. The van der Waals surface area contributed by atoms with Gasteiger partial charge in [0.25, 0.3) is 0 Å². The second kappa shape index (κ2) is 9.13. The third-order valence-corrected chi connectivity index (χ3v) is 3.39. The summed E-state index contributed by atoms with van der Waals surface area (Å²) in [6, 6.07) is 15.7. The van der Waals surface area contributed by atoms with Crippen LogP contribution in [0.15, 0.2) is 48.5 Å². The maximum absolute atomic E-state index is 5.67. The number of rotatable bonds is 7. The van der Waals surface area contributed by atoms with Crippen LogP contribution in [0.2, 0.25) is 0 Å². The normalized spacial score (nSPS) is 10.3. The molecule has 0 fully saturated rings. The number of benzene rings is 2. The molecule has 0 aliphatic rings. The molecule has 0 atom stereocenters. The Hall–Kier alpha value is -2.27. The molecule has 0 saturated carbocycles. The Kier molecular flexibility index (Phi) is 6.88. The molecule has 128 valence electrons. The lowest BCUT2D eigenvalue weighted by atomic mass is 10.2. The first-order valence-electron chi connectivity index (χ1n) is 8.04. The second-order valence-corrected chi connectivity index (χ2v) is 6.15. The molecule has 5 heteroatoms. The van der Waals surface area contributed by atoms with Crippen LogP contribution in [0.5, 0.6) is 11.5 Å². The lowest BCUT2D eigenvalue weighted by Crippen LogP contribution is -2.31. The van der Waals surface area contributed by atoms with Gasteiger partial charge in [0, 0.05) is 11.8 Å². The highest BCUT2D eigenvalue weighted by atomic mass is 32.1. The number of nitrogens with one attached hydrogen (secondary N) is 2. The highest BCUT2D eigenvalue weighted by molar-refractivity contribution is 7.80. The molecule has 2 aromatic carbocycles. The van der Waals surface area contributed by atoms with Gasteiger partial charge in [0.1, 0.15) is 18.1 Å². The Morgan fingerprint density at radius 1 is 1.08 bits per heavy atom. The van der Waals surface area contributed by atoms with Crippen molar-refractivity contribution in [2.75, 3.05) is 18.5 Å². The van der Waals surface area contributed by atoms with E-state index in [1.165, 1.54) is 5.56 Å². The summed E-state index contributed by atoms with van der Waals surface area (Å²) in [5.74, 6) is 1.68. The molecule has 2 N–H and O–H groups in total. The Labute approximate surface area is 149 Å². The fraction of sp³-hybridized carbons (Fsp3) is 0.316. The van der Waals surface area contributed by atoms with E-state index in [1.807, 2.05) is 62.4 Å². The summed E-state index contributed by atoms with van der Waals surface area (Å²) in [5.41, 5.74) is 2.11. The van der Waals surface area contributed by atoms with Gasteiger partial charge in [-0.2, -0.15) is 0 Å². The fourth-order valence-corrected chi connectivity index (χ4v) is 2.28. The molecule has 0 bridgehead atoms. The van der Waals surface area contributed by atoms with Gasteiger partial charge in [-0.05, 0) is 57.3 Å². The largest absolute Gasteiger partial charge is 0.492 e. The molecule has 0 heterocycles. The van der Waals surface area contributed by atoms with Crippen LogP contribution in [0.25, 0.3) is 0 Å². The second-order valence-electron chi connectivity index (χ2n) is 5.74. The van der Waals surface area contributed by atoms with Crippen LogP contribution in [0.4, 0.5) is 5.69 Å². The van der Waals surface area contributed by atoms with E-state index >= 15 is 0 Å². The predicted octanol–water partition coefficient (Wildman–Crippen LogP) is 4.15. The Morgan fingerprint density at radius 3 is 2.54 bits per heavy atom. The Bertz CT molecular complexity index is 657. The summed E-state index contributed by atoms with van der Waals surface area (Å²) in [6.07, 6.45) is 0.143. The molecule has 0 aliphatic heterocycles. The molecule has 0 saturated heterocycles. The quantitative estimate of drug-likeness (QED) is 0.583. The van der Waals surface area contributed by atoms with E-state index in [0.717, 1.165) is 17.2 Å². The van der Waals surface area contributed by atoms with Gasteiger partial charge in [0.15, 0.2) is 5.11 Å². The molecule has 4 nitrogen and oxygen atoms in total. The number of aryl methyl sites for hydroxylation is 1. The zero-order valence-electron chi connectivity index (χ0n) is 14.3. The maximum atomic E-state index is 5.67. The molecule has 0 spiro atoms. The monoisotopic (exact) mass is 344 g/mol. The van der Waals surface area contributed by atoms with Crippen molar-refractivity contribution in [2.45, 2.75) is 26.9 Å². The van der Waals surface area contributed by atoms with Gasteiger partial charge in [0.2, 0.25) is 0 Å². The fourth-order valence-electron chi connectivity index (χ4n) is 2.06. The van der Waals surface area contributed by atoms with E-state index in [2.05, 4.69) is 17.6 Å². The van der Waals surface area contributed by atoms with Crippen molar-refractivity contribution in [3.05, 3.63) is 54.1 Å². The number of anilines is 1. The third kappa shape index (κ3) is 6.46. The zero-order valence-corrected chi connectivity index (χ0v) is 15.2. The molecule has 0 aromatic heterocycles. The van der Waals surface area contributed by atoms with E-state index in [-0.39, 0.29) is 6.10 Å². The molecule has 24 heavy (non-hydrogen) atoms. The van der Waals surface area contributed by atoms with Gasteiger partial charge in [-0.3, -0.25) is 0 Å². The molecule has 0 radical (unpaired) electrons. The third-order valence-electron chi connectivity index (χ3n) is 3.14. The molecule has 0 aliphatic carbocycles. The van der Waals surface area contributed by atoms with E-state index < -0.39 is 0 Å². The first-order chi connectivity index (χ1) is 11.5. The van der Waals surface area contributed by atoms with Gasteiger partial charge >= 0.3 is 0 Å². The zero-order chi connectivity index (χ0) is 17.4. The minimum Gasteiger partial charge on any atom is -0.492 e. The van der Waals surface area contributed by atoms with Crippen LogP contribution >= 0.6 is 12.2 Å². The SMILES string of the molecule is Cc1ccc(OCCNC(=S)Nc2cccc(OC(C)C)c2)cc1. The lowest BCUT2D eigenvalue weighted by molar-refractivity contribution is 0.242. The van der Waals surface area contributed by atoms with Crippen LogP contribution in [-0.4, -0.2) is 24.4 Å². The van der Waals surface area contributed by atoms with Gasteiger partial charge in [-0.15, -0.1) is 0 Å². The molecule has 0 unspecified atom stereocenters. The van der Waals surface area contributed by atoms with E-state index in [9.17, 15) is 0 Å². The summed E-state index contributed by atoms with van der Waals surface area (Å²) in [4.78, 5) is 0. The van der Waals surface area contributed by atoms with Gasteiger partial charge in [-0.25, -0.2) is 0 Å². The minimum atomic E-state index is 0.143. The van der Waals surface area contributed by atoms with Crippen molar-refractivity contribution in [1.82, 2.24) is 5.32 Å². The van der Waals surface area contributed by atoms with Crippen molar-refractivity contribution in [3.8, 4) is 11.5 Å². The number of hydrogen-bond acceptors (Lipinski definition) is 3. The standard InChI is InChI=1S/C19H24N2O2S/c1-14(2)23-18-6-4-5-16(13-18)21-19(24)20-11-12-22-17-9-7-15(3)8-10-17/h4-10,13-14H,11-12H2,1-3H3,(H2,20,21,24). The minimum absolute atomic E-state index is 0.143. The first-order valence-corrected chi connectivity index (χ1v) is 8.45. The first kappa shape index (κ1) is 18.1. The number of thiocarbonyl (C=S) groups is 1. The average Bonchev–Trinajstić information content (AvgIpc) is 2.53. The maximum Gasteiger partial charge on any atom is 0.170 e. The average molecular weight is 344 g/mol. The summed E-state index contributed by atoms with van der Waals surface area (Å²) >= 11 is 5.30. The van der Waals surface area contributed by atoms with E-state index in [0.29, 0.717) is 18.3 Å². The topological polar surface area (TPSA) is 42.5 Å². The van der Waals surface area contributed by atoms with Crippen LogP contribution in [-0.2, 0) is 0 Å². The van der Waals surface area contributed by atoms with Crippen molar-refractivity contribution >= 4 is 23.0 Å². The van der Waals surface area contributed by atoms with Crippen molar-refractivity contribution in [3.63, 3.8) is 0 Å². The molecule has 2 aromatic rings. The van der Waals surface area contributed by atoms with Gasteiger partial charge in [-0.1, -0.05) is 23.8 Å². The van der Waals surface area contributed by atoms with Crippen molar-refractivity contribution < 1.29 is 9.47 Å². The van der Waals surface area contributed by atoms with Crippen LogP contribution in [0, 0.1) is 6.92 Å². The lowest BCUT2D eigenvalue weighted by Gasteiger charge is -2.13. The highest BCUT2D eigenvalue weighted by Crippen LogP contribution is 2.18. The Morgan fingerprint density at radius 2 is 1.83 bits per heavy atom. The van der Waals surface area contributed by atoms with Crippen LogP contribution in [0.1, 0.15) is 19.4 Å². The highest BCUT2D eigenvalue weighted by Gasteiger charge is 2.01. The molecule has 0 amide bonds. The smallest absolute Gasteiger partial charge is 0.170 e. The molecule has 2 rings (SSSR count). The van der Waals surface area contributed by atoms with Crippen LogP contribution in [0.3, 0.4) is 0 Å². The summed E-state index contributed by atoms with van der Waals surface area (Å²) in [7, 11) is 0. The van der Waals surface area contributed by atoms with E-state index in [4.69, 9.17) is 21.7 Å². The summed E-state index contributed by atoms with van der Waals surface area (Å²) < 4.78 is 11.3. The predicted molar refractivity (Wildman–Crippen MR) is 103 cm³/mol. The van der Waals surface area contributed by atoms with Gasteiger partial charge < -0.3 is 20.1 Å². The molecular weight excluding hydrogens is 320 g/mol. The number of ether oxygens (including phenoxy) is 2. The summed E-state index contributed by atoms with van der Waals surface area (Å²) in [6.45, 7) is 7.22. The van der Waals surface area contributed by atoms with E-state index in [1.54, 1.807) is 0 Å².